The summed E-state index contributed by atoms with van der Waals surface area (Å²) in [5, 5.41) is 6.27. The number of hydrogen-bond acceptors (Lipinski definition) is 3. The van der Waals surface area contributed by atoms with Crippen LogP contribution in [-0.2, 0) is 4.79 Å². The lowest BCUT2D eigenvalue weighted by Gasteiger charge is -2.17. The van der Waals surface area contributed by atoms with Gasteiger partial charge >= 0.3 is 0 Å². The number of benzene rings is 3. The van der Waals surface area contributed by atoms with Crippen LogP contribution in [0.15, 0.2) is 71.6 Å². The van der Waals surface area contributed by atoms with Gasteiger partial charge in [-0.05, 0) is 67.8 Å². The van der Waals surface area contributed by atoms with E-state index in [9.17, 15) is 9.59 Å². The monoisotopic (exact) mass is 452 g/mol. The van der Waals surface area contributed by atoms with Gasteiger partial charge in [0.05, 0.1) is 5.25 Å². The molecule has 31 heavy (non-hydrogen) atoms. The fourth-order valence-electron chi connectivity index (χ4n) is 3.12. The molecule has 160 valence electrons. The highest BCUT2D eigenvalue weighted by Gasteiger charge is 2.19. The van der Waals surface area contributed by atoms with Crippen LogP contribution in [0.5, 0.6) is 0 Å². The largest absolute Gasteiger partial charge is 0.325 e. The van der Waals surface area contributed by atoms with Crippen molar-refractivity contribution in [2.45, 2.75) is 37.3 Å². The third-order valence-corrected chi connectivity index (χ3v) is 6.72. The Morgan fingerprint density at radius 3 is 2.45 bits per heavy atom. The lowest BCUT2D eigenvalue weighted by Crippen LogP contribution is -2.25. The number of amides is 2. The van der Waals surface area contributed by atoms with Gasteiger partial charge in [-0.1, -0.05) is 48.9 Å². The van der Waals surface area contributed by atoms with Crippen molar-refractivity contribution in [1.82, 2.24) is 0 Å². The second-order valence-electron chi connectivity index (χ2n) is 7.21. The molecular formula is C25H25ClN2O2S. The van der Waals surface area contributed by atoms with Crippen LogP contribution in [-0.4, -0.2) is 17.1 Å². The molecule has 0 radical (unpaired) electrons. The van der Waals surface area contributed by atoms with Gasteiger partial charge in [0.2, 0.25) is 5.91 Å². The Morgan fingerprint density at radius 2 is 1.71 bits per heavy atom. The number of carbonyl (C=O) groups is 2. The van der Waals surface area contributed by atoms with Gasteiger partial charge in [0.1, 0.15) is 0 Å². The van der Waals surface area contributed by atoms with E-state index >= 15 is 0 Å². The summed E-state index contributed by atoms with van der Waals surface area (Å²) in [6.07, 6.45) is 0.663. The van der Waals surface area contributed by atoms with Gasteiger partial charge in [0.15, 0.2) is 0 Å². The van der Waals surface area contributed by atoms with Crippen LogP contribution in [0.4, 0.5) is 11.4 Å². The Bertz CT molecular complexity index is 1100. The minimum absolute atomic E-state index is 0.0767. The molecule has 3 rings (SSSR count). The van der Waals surface area contributed by atoms with Gasteiger partial charge in [-0.25, -0.2) is 0 Å². The van der Waals surface area contributed by atoms with Gasteiger partial charge in [-0.15, -0.1) is 11.8 Å². The zero-order valence-corrected chi connectivity index (χ0v) is 19.3. The number of hydrogen-bond donors (Lipinski definition) is 2. The van der Waals surface area contributed by atoms with E-state index in [2.05, 4.69) is 10.6 Å². The van der Waals surface area contributed by atoms with Crippen LogP contribution in [0.3, 0.4) is 0 Å². The normalized spacial score (nSPS) is 11.6. The summed E-state index contributed by atoms with van der Waals surface area (Å²) in [5.41, 5.74) is 3.82. The molecule has 2 amide bonds. The van der Waals surface area contributed by atoms with Crippen molar-refractivity contribution in [3.63, 3.8) is 0 Å². The van der Waals surface area contributed by atoms with E-state index in [1.165, 1.54) is 11.8 Å². The molecule has 0 heterocycles. The van der Waals surface area contributed by atoms with Crippen LogP contribution >= 0.6 is 23.4 Å². The second-order valence-corrected chi connectivity index (χ2v) is 8.90. The summed E-state index contributed by atoms with van der Waals surface area (Å²) in [4.78, 5) is 26.4. The molecule has 0 saturated carbocycles. The van der Waals surface area contributed by atoms with Crippen molar-refractivity contribution in [1.29, 1.82) is 0 Å². The lowest BCUT2D eigenvalue weighted by atomic mass is 10.1. The number of halogens is 1. The predicted octanol–water partition coefficient (Wildman–Crippen LogP) is 6.72. The van der Waals surface area contributed by atoms with Gasteiger partial charge in [-0.3, -0.25) is 9.59 Å². The van der Waals surface area contributed by atoms with Crippen molar-refractivity contribution in [3.05, 3.63) is 88.4 Å². The Morgan fingerprint density at radius 1 is 0.968 bits per heavy atom. The molecule has 0 bridgehead atoms. The molecule has 4 nitrogen and oxygen atoms in total. The van der Waals surface area contributed by atoms with Crippen LogP contribution in [0, 0.1) is 13.8 Å². The Labute approximate surface area is 192 Å². The number of carbonyl (C=O) groups excluding carboxylic acids is 2. The van der Waals surface area contributed by atoms with Crippen LogP contribution < -0.4 is 10.6 Å². The fourth-order valence-corrected chi connectivity index (χ4v) is 4.30. The quantitative estimate of drug-likeness (QED) is 0.391. The van der Waals surface area contributed by atoms with Gasteiger partial charge in [0.25, 0.3) is 5.91 Å². The third kappa shape index (κ3) is 5.90. The average Bonchev–Trinajstić information content (AvgIpc) is 2.75. The van der Waals surface area contributed by atoms with E-state index in [1.54, 1.807) is 12.1 Å². The maximum atomic E-state index is 12.9. The molecule has 0 aromatic heterocycles. The summed E-state index contributed by atoms with van der Waals surface area (Å²) in [7, 11) is 0. The van der Waals surface area contributed by atoms with Crippen LogP contribution in [0.2, 0.25) is 5.02 Å². The SMILES string of the molecule is CCC(Sc1cccc(NC(=O)c2ccccc2C)c1)C(=O)Nc1cccc(Cl)c1C. The number of aryl methyl sites for hydroxylation is 1. The van der Waals surface area contributed by atoms with E-state index < -0.39 is 0 Å². The molecule has 0 fully saturated rings. The molecule has 3 aromatic carbocycles. The zero-order chi connectivity index (χ0) is 22.4. The molecule has 1 unspecified atom stereocenters. The van der Waals surface area contributed by atoms with E-state index in [0.29, 0.717) is 22.7 Å². The maximum absolute atomic E-state index is 12.9. The van der Waals surface area contributed by atoms with Gasteiger partial charge in [0, 0.05) is 26.9 Å². The molecule has 2 N–H and O–H groups in total. The molecule has 0 saturated heterocycles. The topological polar surface area (TPSA) is 58.2 Å². The van der Waals surface area contributed by atoms with Crippen molar-refractivity contribution >= 4 is 46.6 Å². The lowest BCUT2D eigenvalue weighted by molar-refractivity contribution is -0.115. The van der Waals surface area contributed by atoms with E-state index in [1.807, 2.05) is 75.4 Å². The predicted molar refractivity (Wildman–Crippen MR) is 130 cm³/mol. The minimum atomic E-state index is -0.277. The first-order chi connectivity index (χ1) is 14.9. The summed E-state index contributed by atoms with van der Waals surface area (Å²) in [6, 6.07) is 20.5. The number of thioether (sulfide) groups is 1. The van der Waals surface area contributed by atoms with E-state index in [4.69, 9.17) is 11.6 Å². The zero-order valence-electron chi connectivity index (χ0n) is 17.7. The first kappa shape index (κ1) is 22.9. The second kappa shape index (κ2) is 10.5. The average molecular weight is 453 g/mol. The number of nitrogens with one attached hydrogen (secondary N) is 2. The Hall–Kier alpha value is -2.76. The van der Waals surface area contributed by atoms with Crippen LogP contribution in [0.1, 0.15) is 34.8 Å². The maximum Gasteiger partial charge on any atom is 0.255 e. The van der Waals surface area contributed by atoms with E-state index in [-0.39, 0.29) is 17.1 Å². The standard InChI is InChI=1S/C25H25ClN2O2S/c1-4-23(25(30)28-22-14-8-13-21(26)17(22)3)31-19-11-7-10-18(15-19)27-24(29)20-12-6-5-9-16(20)2/h5-15,23H,4H2,1-3H3,(H,27,29)(H,28,30). The summed E-state index contributed by atoms with van der Waals surface area (Å²) < 4.78 is 0. The van der Waals surface area contributed by atoms with Gasteiger partial charge < -0.3 is 10.6 Å². The fraction of sp³-hybridized carbons (Fsp3) is 0.200. The van der Waals surface area contributed by atoms with E-state index in [0.717, 1.165) is 21.7 Å². The highest BCUT2D eigenvalue weighted by Crippen LogP contribution is 2.30. The molecule has 0 spiro atoms. The molecule has 0 aliphatic carbocycles. The van der Waals surface area contributed by atoms with Crippen molar-refractivity contribution in [2.75, 3.05) is 10.6 Å². The summed E-state index contributed by atoms with van der Waals surface area (Å²) in [6.45, 7) is 5.77. The smallest absolute Gasteiger partial charge is 0.255 e. The highest BCUT2D eigenvalue weighted by atomic mass is 35.5. The molecule has 1 atom stereocenters. The minimum Gasteiger partial charge on any atom is -0.325 e. The van der Waals surface area contributed by atoms with Crippen molar-refractivity contribution in [3.8, 4) is 0 Å². The molecule has 6 heteroatoms. The number of rotatable bonds is 7. The molecular weight excluding hydrogens is 428 g/mol. The number of anilines is 2. The third-order valence-electron chi connectivity index (χ3n) is 4.95. The van der Waals surface area contributed by atoms with Crippen LogP contribution in [0.25, 0.3) is 0 Å². The molecule has 3 aromatic rings. The highest BCUT2D eigenvalue weighted by molar-refractivity contribution is 8.00. The molecule has 0 aliphatic heterocycles. The first-order valence-electron chi connectivity index (χ1n) is 10.1. The Balaban J connectivity index is 1.69. The summed E-state index contributed by atoms with van der Waals surface area (Å²) in [5.74, 6) is -0.228. The van der Waals surface area contributed by atoms with Crippen molar-refractivity contribution in [2.24, 2.45) is 0 Å². The first-order valence-corrected chi connectivity index (χ1v) is 11.3. The van der Waals surface area contributed by atoms with Gasteiger partial charge in [-0.2, -0.15) is 0 Å². The summed E-state index contributed by atoms with van der Waals surface area (Å²) >= 11 is 7.63. The van der Waals surface area contributed by atoms with Crippen molar-refractivity contribution < 1.29 is 9.59 Å². The molecule has 0 aliphatic rings. The Kier molecular flexibility index (Phi) is 7.77.